The zero-order chi connectivity index (χ0) is 10.2. The van der Waals surface area contributed by atoms with Gasteiger partial charge in [0, 0.05) is 25.5 Å². The minimum Gasteiger partial charge on any atom is -0.448 e. The highest BCUT2D eigenvalue weighted by Gasteiger charge is 1.93. The molecule has 5 nitrogen and oxygen atoms in total. The van der Waals surface area contributed by atoms with E-state index in [4.69, 9.17) is 5.73 Å². The minimum absolute atomic E-state index is 0.292. The second-order valence-electron chi connectivity index (χ2n) is 2.70. The van der Waals surface area contributed by atoms with E-state index >= 15 is 0 Å². The number of aromatic nitrogens is 1. The monoisotopic (exact) mass is 195 g/mol. The van der Waals surface area contributed by atoms with Gasteiger partial charge in [-0.1, -0.05) is 0 Å². The smallest absolute Gasteiger partial charge is 0.404 e. The molecule has 5 heteroatoms. The standard InChI is InChI=1S/C9H13N3O2/c10-9(13)14-6-5-12-7-8-1-3-11-4-2-8/h1-4,12H,5-7H2,(H2,10,13). The lowest BCUT2D eigenvalue weighted by atomic mass is 10.3. The third-order valence-corrected chi connectivity index (χ3v) is 1.60. The fraction of sp³-hybridized carbons (Fsp3) is 0.333. The summed E-state index contributed by atoms with van der Waals surface area (Å²) in [7, 11) is 0. The molecule has 1 aromatic heterocycles. The Morgan fingerprint density at radius 1 is 1.50 bits per heavy atom. The predicted molar refractivity (Wildman–Crippen MR) is 51.5 cm³/mol. The van der Waals surface area contributed by atoms with Crippen LogP contribution in [0.2, 0.25) is 0 Å². The van der Waals surface area contributed by atoms with E-state index in [1.54, 1.807) is 12.4 Å². The zero-order valence-corrected chi connectivity index (χ0v) is 7.77. The zero-order valence-electron chi connectivity index (χ0n) is 7.77. The number of nitrogens with zero attached hydrogens (tertiary/aromatic N) is 1. The van der Waals surface area contributed by atoms with E-state index in [1.807, 2.05) is 12.1 Å². The Hall–Kier alpha value is -1.62. The number of nitrogens with one attached hydrogen (secondary N) is 1. The van der Waals surface area contributed by atoms with Gasteiger partial charge in [0.2, 0.25) is 0 Å². The van der Waals surface area contributed by atoms with Crippen LogP contribution in [0.15, 0.2) is 24.5 Å². The topological polar surface area (TPSA) is 77.2 Å². The number of hydrogen-bond donors (Lipinski definition) is 2. The number of ether oxygens (including phenoxy) is 1. The first-order chi connectivity index (χ1) is 6.79. The van der Waals surface area contributed by atoms with Crippen LogP contribution in [0.25, 0.3) is 0 Å². The van der Waals surface area contributed by atoms with Crippen LogP contribution in [-0.2, 0) is 11.3 Å². The molecule has 0 aliphatic rings. The number of carbonyl (C=O) groups excluding carboxylic acids is 1. The Morgan fingerprint density at radius 2 is 2.21 bits per heavy atom. The Labute approximate surface area is 82.3 Å². The average molecular weight is 195 g/mol. The molecule has 0 spiro atoms. The van der Waals surface area contributed by atoms with Gasteiger partial charge in [-0.05, 0) is 17.7 Å². The fourth-order valence-electron chi connectivity index (χ4n) is 0.957. The van der Waals surface area contributed by atoms with Crippen LogP contribution >= 0.6 is 0 Å². The number of pyridine rings is 1. The van der Waals surface area contributed by atoms with E-state index in [9.17, 15) is 4.79 Å². The molecule has 0 aliphatic carbocycles. The van der Waals surface area contributed by atoms with Crippen molar-refractivity contribution >= 4 is 6.09 Å². The molecular formula is C9H13N3O2. The summed E-state index contributed by atoms with van der Waals surface area (Å²) < 4.78 is 4.54. The fourth-order valence-corrected chi connectivity index (χ4v) is 0.957. The van der Waals surface area contributed by atoms with E-state index < -0.39 is 6.09 Å². The van der Waals surface area contributed by atoms with Crippen molar-refractivity contribution in [1.82, 2.24) is 10.3 Å². The molecular weight excluding hydrogens is 182 g/mol. The molecule has 14 heavy (non-hydrogen) atoms. The molecule has 1 aromatic rings. The minimum atomic E-state index is -0.740. The molecule has 1 heterocycles. The maximum atomic E-state index is 10.2. The molecule has 0 radical (unpaired) electrons. The van der Waals surface area contributed by atoms with E-state index in [0.29, 0.717) is 13.2 Å². The molecule has 0 fully saturated rings. The molecule has 3 N–H and O–H groups in total. The summed E-state index contributed by atoms with van der Waals surface area (Å²) in [5.74, 6) is 0. The molecule has 76 valence electrons. The molecule has 0 unspecified atom stereocenters. The van der Waals surface area contributed by atoms with Gasteiger partial charge in [-0.2, -0.15) is 0 Å². The Bertz CT molecular complexity index is 277. The lowest BCUT2D eigenvalue weighted by Crippen LogP contribution is -2.23. The second kappa shape index (κ2) is 5.93. The molecule has 0 atom stereocenters. The number of amides is 1. The molecule has 0 bridgehead atoms. The van der Waals surface area contributed by atoms with Crippen molar-refractivity contribution in [3.05, 3.63) is 30.1 Å². The number of primary amides is 1. The summed E-state index contributed by atoms with van der Waals surface area (Å²) in [6, 6.07) is 3.84. The Morgan fingerprint density at radius 3 is 2.86 bits per heavy atom. The number of nitrogens with two attached hydrogens (primary N) is 1. The number of carbonyl (C=O) groups is 1. The molecule has 0 aromatic carbocycles. The molecule has 0 saturated heterocycles. The van der Waals surface area contributed by atoms with Crippen molar-refractivity contribution in [1.29, 1.82) is 0 Å². The number of hydrogen-bond acceptors (Lipinski definition) is 4. The SMILES string of the molecule is NC(=O)OCCNCc1ccncc1. The van der Waals surface area contributed by atoms with E-state index in [0.717, 1.165) is 12.1 Å². The first-order valence-corrected chi connectivity index (χ1v) is 4.31. The van der Waals surface area contributed by atoms with Gasteiger partial charge in [-0.25, -0.2) is 4.79 Å². The van der Waals surface area contributed by atoms with Crippen LogP contribution in [0.1, 0.15) is 5.56 Å². The van der Waals surface area contributed by atoms with Crippen molar-refractivity contribution in [2.45, 2.75) is 6.54 Å². The Kier molecular flexibility index (Phi) is 4.43. The van der Waals surface area contributed by atoms with Gasteiger partial charge >= 0.3 is 6.09 Å². The second-order valence-corrected chi connectivity index (χ2v) is 2.70. The summed E-state index contributed by atoms with van der Waals surface area (Å²) in [5, 5.41) is 3.10. The van der Waals surface area contributed by atoms with E-state index in [1.165, 1.54) is 0 Å². The normalized spacial score (nSPS) is 9.71. The van der Waals surface area contributed by atoms with Gasteiger partial charge in [-0.15, -0.1) is 0 Å². The first kappa shape index (κ1) is 10.5. The van der Waals surface area contributed by atoms with Crippen LogP contribution in [0.5, 0.6) is 0 Å². The highest BCUT2D eigenvalue weighted by Crippen LogP contribution is 1.93. The quantitative estimate of drug-likeness (QED) is 0.661. The number of rotatable bonds is 5. The van der Waals surface area contributed by atoms with E-state index in [-0.39, 0.29) is 0 Å². The molecule has 0 saturated carbocycles. The molecule has 1 rings (SSSR count). The average Bonchev–Trinajstić information content (AvgIpc) is 2.18. The van der Waals surface area contributed by atoms with Crippen LogP contribution in [0.4, 0.5) is 4.79 Å². The van der Waals surface area contributed by atoms with Gasteiger partial charge in [0.1, 0.15) is 6.61 Å². The highest BCUT2D eigenvalue weighted by atomic mass is 16.5. The summed E-state index contributed by atoms with van der Waals surface area (Å²) in [6.45, 7) is 1.61. The van der Waals surface area contributed by atoms with Crippen molar-refractivity contribution in [3.8, 4) is 0 Å². The third kappa shape index (κ3) is 4.42. The van der Waals surface area contributed by atoms with Crippen molar-refractivity contribution < 1.29 is 9.53 Å². The summed E-state index contributed by atoms with van der Waals surface area (Å²) in [5.41, 5.74) is 5.93. The van der Waals surface area contributed by atoms with Gasteiger partial charge in [-0.3, -0.25) is 4.98 Å². The summed E-state index contributed by atoms with van der Waals surface area (Å²) in [6.07, 6.45) is 2.73. The predicted octanol–water partition coefficient (Wildman–Crippen LogP) is 0.266. The third-order valence-electron chi connectivity index (χ3n) is 1.60. The van der Waals surface area contributed by atoms with Crippen LogP contribution < -0.4 is 11.1 Å². The van der Waals surface area contributed by atoms with Crippen molar-refractivity contribution in [2.24, 2.45) is 5.73 Å². The maximum absolute atomic E-state index is 10.2. The lowest BCUT2D eigenvalue weighted by Gasteiger charge is -2.04. The Balaban J connectivity index is 2.08. The molecule has 1 amide bonds. The van der Waals surface area contributed by atoms with Crippen molar-refractivity contribution in [3.63, 3.8) is 0 Å². The highest BCUT2D eigenvalue weighted by molar-refractivity contribution is 5.64. The first-order valence-electron chi connectivity index (χ1n) is 4.31. The lowest BCUT2D eigenvalue weighted by molar-refractivity contribution is 0.157. The largest absolute Gasteiger partial charge is 0.448 e. The van der Waals surface area contributed by atoms with Gasteiger partial charge < -0.3 is 15.8 Å². The summed E-state index contributed by atoms with van der Waals surface area (Å²) in [4.78, 5) is 14.1. The van der Waals surface area contributed by atoms with E-state index in [2.05, 4.69) is 15.0 Å². The summed E-state index contributed by atoms with van der Waals surface area (Å²) >= 11 is 0. The van der Waals surface area contributed by atoms with Crippen molar-refractivity contribution in [2.75, 3.05) is 13.2 Å². The van der Waals surface area contributed by atoms with Crippen LogP contribution in [0.3, 0.4) is 0 Å². The van der Waals surface area contributed by atoms with Crippen LogP contribution in [0, 0.1) is 0 Å². The maximum Gasteiger partial charge on any atom is 0.404 e. The van der Waals surface area contributed by atoms with Gasteiger partial charge in [0.15, 0.2) is 0 Å². The molecule has 0 aliphatic heterocycles. The van der Waals surface area contributed by atoms with Crippen LogP contribution in [-0.4, -0.2) is 24.2 Å². The van der Waals surface area contributed by atoms with Gasteiger partial charge in [0.25, 0.3) is 0 Å². The van der Waals surface area contributed by atoms with Gasteiger partial charge in [0.05, 0.1) is 0 Å².